The monoisotopic (exact) mass is 394 g/mol. The summed E-state index contributed by atoms with van der Waals surface area (Å²) in [5.41, 5.74) is 7.74. The van der Waals surface area contributed by atoms with Gasteiger partial charge in [0.05, 0.1) is 0 Å². The lowest BCUT2D eigenvalue weighted by molar-refractivity contribution is 0.647. The molecule has 3 rings (SSSR count). The molecular formula is C30H34. The van der Waals surface area contributed by atoms with E-state index in [1.165, 1.54) is 33.4 Å². The standard InChI is InChI=1S/C30H34/c1-23(2)21-29-17-13-27(14-18-29)11-9-25-5-7-26(8-6-25)10-12-28-15-19-30(20-16-28)22-24(3)4/h5-20,23-24H,21-22H2,1-4H3/b11-9+,12-10+. The molecule has 0 fully saturated rings. The van der Waals surface area contributed by atoms with Crippen LogP contribution in [0.3, 0.4) is 0 Å². The summed E-state index contributed by atoms with van der Waals surface area (Å²) in [6, 6.07) is 26.5. The predicted molar refractivity (Wildman–Crippen MR) is 134 cm³/mol. The van der Waals surface area contributed by atoms with Crippen LogP contribution in [-0.2, 0) is 12.8 Å². The smallest absolute Gasteiger partial charge is 0.0256 e. The second-order valence-corrected chi connectivity index (χ2v) is 9.01. The highest BCUT2D eigenvalue weighted by Crippen LogP contribution is 2.15. The third-order valence-corrected chi connectivity index (χ3v) is 5.12. The van der Waals surface area contributed by atoms with Crippen molar-refractivity contribution >= 4 is 24.3 Å². The molecule has 0 aliphatic rings. The first-order valence-corrected chi connectivity index (χ1v) is 11.1. The highest BCUT2D eigenvalue weighted by atomic mass is 14.0. The van der Waals surface area contributed by atoms with Crippen LogP contribution in [0.25, 0.3) is 24.3 Å². The van der Waals surface area contributed by atoms with E-state index >= 15 is 0 Å². The number of hydrogen-bond acceptors (Lipinski definition) is 0. The molecule has 0 saturated heterocycles. The van der Waals surface area contributed by atoms with Gasteiger partial charge in [0.1, 0.15) is 0 Å². The van der Waals surface area contributed by atoms with E-state index < -0.39 is 0 Å². The van der Waals surface area contributed by atoms with Gasteiger partial charge in [-0.15, -0.1) is 0 Å². The predicted octanol–water partition coefficient (Wildman–Crippen LogP) is 8.42. The topological polar surface area (TPSA) is 0 Å². The van der Waals surface area contributed by atoms with Crippen LogP contribution in [0.2, 0.25) is 0 Å². The van der Waals surface area contributed by atoms with Gasteiger partial charge < -0.3 is 0 Å². The Morgan fingerprint density at radius 3 is 0.900 bits per heavy atom. The second kappa shape index (κ2) is 10.8. The molecule has 0 N–H and O–H groups in total. The van der Waals surface area contributed by atoms with Crippen molar-refractivity contribution in [1.29, 1.82) is 0 Å². The maximum atomic E-state index is 2.26. The van der Waals surface area contributed by atoms with Crippen LogP contribution < -0.4 is 0 Å². The lowest BCUT2D eigenvalue weighted by Crippen LogP contribution is -1.93. The summed E-state index contributed by atoms with van der Waals surface area (Å²) in [5, 5.41) is 0. The minimum Gasteiger partial charge on any atom is -0.0625 e. The summed E-state index contributed by atoms with van der Waals surface area (Å²) < 4.78 is 0. The first kappa shape index (κ1) is 21.8. The molecule has 0 aromatic heterocycles. The summed E-state index contributed by atoms with van der Waals surface area (Å²) in [7, 11) is 0. The summed E-state index contributed by atoms with van der Waals surface area (Å²) in [5.74, 6) is 1.39. The van der Waals surface area contributed by atoms with Crippen molar-refractivity contribution < 1.29 is 0 Å². The van der Waals surface area contributed by atoms with Crippen molar-refractivity contribution in [3.63, 3.8) is 0 Å². The molecule has 0 heterocycles. The quantitative estimate of drug-likeness (QED) is 0.336. The third-order valence-electron chi connectivity index (χ3n) is 5.12. The fraction of sp³-hybridized carbons (Fsp3) is 0.267. The molecule has 0 saturated carbocycles. The Morgan fingerprint density at radius 1 is 0.433 bits per heavy atom. The van der Waals surface area contributed by atoms with E-state index in [0.717, 1.165) is 12.8 Å². The Labute approximate surface area is 183 Å². The van der Waals surface area contributed by atoms with Crippen molar-refractivity contribution in [3.05, 3.63) is 106 Å². The van der Waals surface area contributed by atoms with Gasteiger partial charge in [0, 0.05) is 0 Å². The number of rotatable bonds is 8. The van der Waals surface area contributed by atoms with Crippen LogP contribution in [0.15, 0.2) is 72.8 Å². The van der Waals surface area contributed by atoms with Gasteiger partial charge in [-0.05, 0) is 58.1 Å². The van der Waals surface area contributed by atoms with Crippen LogP contribution in [0, 0.1) is 11.8 Å². The Morgan fingerprint density at radius 2 is 0.667 bits per heavy atom. The van der Waals surface area contributed by atoms with Gasteiger partial charge in [-0.25, -0.2) is 0 Å². The third kappa shape index (κ3) is 7.19. The molecule has 30 heavy (non-hydrogen) atoms. The molecule has 0 atom stereocenters. The van der Waals surface area contributed by atoms with E-state index in [0.29, 0.717) is 11.8 Å². The van der Waals surface area contributed by atoms with E-state index in [-0.39, 0.29) is 0 Å². The zero-order valence-electron chi connectivity index (χ0n) is 18.8. The Kier molecular flexibility index (Phi) is 7.85. The van der Waals surface area contributed by atoms with Crippen LogP contribution in [0.5, 0.6) is 0 Å². The normalized spacial score (nSPS) is 11.9. The first-order valence-electron chi connectivity index (χ1n) is 11.1. The molecule has 3 aromatic rings. The summed E-state index contributed by atoms with van der Waals surface area (Å²) in [4.78, 5) is 0. The average molecular weight is 395 g/mol. The fourth-order valence-corrected chi connectivity index (χ4v) is 3.58. The molecule has 154 valence electrons. The zero-order valence-corrected chi connectivity index (χ0v) is 18.8. The van der Waals surface area contributed by atoms with Crippen molar-refractivity contribution in [1.82, 2.24) is 0 Å². The van der Waals surface area contributed by atoms with Gasteiger partial charge in [0.25, 0.3) is 0 Å². The second-order valence-electron chi connectivity index (χ2n) is 9.01. The average Bonchev–Trinajstić information content (AvgIpc) is 2.73. The van der Waals surface area contributed by atoms with E-state index in [1.54, 1.807) is 0 Å². The summed E-state index contributed by atoms with van der Waals surface area (Å²) in [6.07, 6.45) is 11.0. The zero-order chi connectivity index (χ0) is 21.3. The summed E-state index contributed by atoms with van der Waals surface area (Å²) >= 11 is 0. The number of benzene rings is 3. The molecule has 0 unspecified atom stereocenters. The molecule has 0 bridgehead atoms. The van der Waals surface area contributed by atoms with Crippen LogP contribution in [0.4, 0.5) is 0 Å². The molecule has 0 radical (unpaired) electrons. The van der Waals surface area contributed by atoms with Gasteiger partial charge in [0.2, 0.25) is 0 Å². The van der Waals surface area contributed by atoms with Gasteiger partial charge in [0.15, 0.2) is 0 Å². The first-order chi connectivity index (χ1) is 14.5. The van der Waals surface area contributed by atoms with Gasteiger partial charge in [-0.3, -0.25) is 0 Å². The molecule has 0 aliphatic carbocycles. The molecule has 0 nitrogen and oxygen atoms in total. The van der Waals surface area contributed by atoms with Crippen molar-refractivity contribution in [3.8, 4) is 0 Å². The minimum atomic E-state index is 0.697. The molecule has 0 heteroatoms. The Bertz CT molecular complexity index is 868. The van der Waals surface area contributed by atoms with E-state index in [4.69, 9.17) is 0 Å². The molecule has 0 amide bonds. The van der Waals surface area contributed by atoms with Crippen LogP contribution >= 0.6 is 0 Å². The highest BCUT2D eigenvalue weighted by Gasteiger charge is 1.98. The Balaban J connectivity index is 1.58. The SMILES string of the molecule is CC(C)Cc1ccc(/C=C/c2ccc(/C=C/c3ccc(CC(C)C)cc3)cc2)cc1. The highest BCUT2D eigenvalue weighted by molar-refractivity contribution is 5.73. The number of hydrogen-bond donors (Lipinski definition) is 0. The molecule has 3 aromatic carbocycles. The molecule has 0 aliphatic heterocycles. The lowest BCUT2D eigenvalue weighted by Gasteiger charge is -2.05. The van der Waals surface area contributed by atoms with E-state index in [1.807, 2.05) is 0 Å². The van der Waals surface area contributed by atoms with Gasteiger partial charge in [-0.1, -0.05) is 125 Å². The maximum absolute atomic E-state index is 2.26. The minimum absolute atomic E-state index is 0.697. The molecular weight excluding hydrogens is 360 g/mol. The van der Waals surface area contributed by atoms with Crippen LogP contribution in [0.1, 0.15) is 61.1 Å². The lowest BCUT2D eigenvalue weighted by atomic mass is 10.0. The van der Waals surface area contributed by atoms with Gasteiger partial charge in [-0.2, -0.15) is 0 Å². The van der Waals surface area contributed by atoms with E-state index in [2.05, 4.69) is 125 Å². The van der Waals surface area contributed by atoms with Crippen LogP contribution in [-0.4, -0.2) is 0 Å². The van der Waals surface area contributed by atoms with Crippen molar-refractivity contribution in [2.45, 2.75) is 40.5 Å². The van der Waals surface area contributed by atoms with Crippen molar-refractivity contribution in [2.75, 3.05) is 0 Å². The molecule has 0 spiro atoms. The fourth-order valence-electron chi connectivity index (χ4n) is 3.58. The summed E-state index contributed by atoms with van der Waals surface area (Å²) in [6.45, 7) is 9.04. The van der Waals surface area contributed by atoms with Crippen molar-refractivity contribution in [2.24, 2.45) is 11.8 Å². The Hall–Kier alpha value is -2.86. The maximum Gasteiger partial charge on any atom is -0.0256 e. The van der Waals surface area contributed by atoms with Gasteiger partial charge >= 0.3 is 0 Å². The largest absolute Gasteiger partial charge is 0.0625 e. The van der Waals surface area contributed by atoms with E-state index in [9.17, 15) is 0 Å².